The second kappa shape index (κ2) is 8.62. The van der Waals surface area contributed by atoms with Gasteiger partial charge in [-0.3, -0.25) is 9.59 Å². The number of carboxylic acids is 1. The standard InChI is InChI=1S/C21H21ClN2O6/c1-11-4-5-17(29-2)16(6-11)24-10-12(7-19(24)25)20(26)23-15-9-18(30-3)13(21(27)28)8-14(15)22/h4-6,8-9,12H,7,10H2,1-3H3,(H,23,26)(H,27,28). The summed E-state index contributed by atoms with van der Waals surface area (Å²) in [7, 11) is 2.85. The Labute approximate surface area is 178 Å². The quantitative estimate of drug-likeness (QED) is 0.725. The smallest absolute Gasteiger partial charge is 0.339 e. The Morgan fingerprint density at radius 2 is 1.87 bits per heavy atom. The van der Waals surface area contributed by atoms with Crippen molar-refractivity contribution in [3.8, 4) is 11.5 Å². The van der Waals surface area contributed by atoms with Crippen LogP contribution in [0.5, 0.6) is 11.5 Å². The third-order valence-corrected chi connectivity index (χ3v) is 5.21. The number of aryl methyl sites for hydroxylation is 1. The highest BCUT2D eigenvalue weighted by Crippen LogP contribution is 2.35. The first kappa shape index (κ1) is 21.4. The Kier molecular flexibility index (Phi) is 6.17. The van der Waals surface area contributed by atoms with Crippen LogP contribution in [0.1, 0.15) is 22.3 Å². The zero-order valence-corrected chi connectivity index (χ0v) is 17.4. The zero-order valence-electron chi connectivity index (χ0n) is 16.7. The molecule has 30 heavy (non-hydrogen) atoms. The van der Waals surface area contributed by atoms with E-state index in [-0.39, 0.29) is 40.9 Å². The summed E-state index contributed by atoms with van der Waals surface area (Å²) in [5, 5.41) is 11.9. The molecule has 1 aliphatic rings. The van der Waals surface area contributed by atoms with Gasteiger partial charge in [-0.1, -0.05) is 17.7 Å². The molecule has 0 aromatic heterocycles. The van der Waals surface area contributed by atoms with E-state index in [0.717, 1.165) is 5.56 Å². The Morgan fingerprint density at radius 3 is 2.50 bits per heavy atom. The molecule has 2 aromatic rings. The van der Waals surface area contributed by atoms with Crippen LogP contribution in [-0.4, -0.2) is 43.7 Å². The lowest BCUT2D eigenvalue weighted by Crippen LogP contribution is -2.28. The molecular formula is C21H21ClN2O6. The average Bonchev–Trinajstić information content (AvgIpc) is 3.10. The Hall–Kier alpha value is -3.26. The summed E-state index contributed by atoms with van der Waals surface area (Å²) in [6, 6.07) is 8.05. The van der Waals surface area contributed by atoms with E-state index in [1.54, 1.807) is 6.07 Å². The molecule has 1 saturated heterocycles. The number of ether oxygens (including phenoxy) is 2. The number of nitrogens with zero attached hydrogens (tertiary/aromatic N) is 1. The van der Waals surface area contributed by atoms with Crippen molar-refractivity contribution in [2.24, 2.45) is 5.92 Å². The first-order chi connectivity index (χ1) is 14.2. The molecule has 2 amide bonds. The number of nitrogens with one attached hydrogen (secondary N) is 1. The van der Waals surface area contributed by atoms with E-state index in [1.807, 2.05) is 19.1 Å². The number of hydrogen-bond acceptors (Lipinski definition) is 5. The molecule has 158 valence electrons. The minimum absolute atomic E-state index is 0.0326. The highest BCUT2D eigenvalue weighted by molar-refractivity contribution is 6.34. The number of rotatable bonds is 6. The van der Waals surface area contributed by atoms with Gasteiger partial charge in [0.05, 0.1) is 36.5 Å². The van der Waals surface area contributed by atoms with Gasteiger partial charge in [0.15, 0.2) is 0 Å². The molecule has 0 aliphatic carbocycles. The van der Waals surface area contributed by atoms with Gasteiger partial charge in [-0.2, -0.15) is 0 Å². The van der Waals surface area contributed by atoms with Gasteiger partial charge < -0.3 is 24.8 Å². The van der Waals surface area contributed by atoms with Crippen molar-refractivity contribution in [1.82, 2.24) is 0 Å². The second-order valence-corrected chi connectivity index (χ2v) is 7.31. The number of methoxy groups -OCH3 is 2. The van der Waals surface area contributed by atoms with E-state index in [1.165, 1.54) is 31.3 Å². The summed E-state index contributed by atoms with van der Waals surface area (Å²) in [6.07, 6.45) is 0.0326. The van der Waals surface area contributed by atoms with E-state index < -0.39 is 17.8 Å². The summed E-state index contributed by atoms with van der Waals surface area (Å²) in [6.45, 7) is 2.09. The molecular weight excluding hydrogens is 412 g/mol. The van der Waals surface area contributed by atoms with Crippen LogP contribution in [0.3, 0.4) is 0 Å². The molecule has 3 rings (SSSR count). The number of hydrogen-bond donors (Lipinski definition) is 2. The minimum atomic E-state index is -1.20. The van der Waals surface area contributed by atoms with E-state index in [9.17, 15) is 19.5 Å². The van der Waals surface area contributed by atoms with Gasteiger partial charge in [0.1, 0.15) is 17.1 Å². The topological polar surface area (TPSA) is 105 Å². The maximum Gasteiger partial charge on any atom is 0.339 e. The molecule has 2 aromatic carbocycles. The largest absolute Gasteiger partial charge is 0.496 e. The van der Waals surface area contributed by atoms with Crippen molar-refractivity contribution in [2.75, 3.05) is 31.0 Å². The second-order valence-electron chi connectivity index (χ2n) is 6.91. The van der Waals surface area contributed by atoms with E-state index >= 15 is 0 Å². The fraction of sp³-hybridized carbons (Fsp3) is 0.286. The number of aromatic carboxylic acids is 1. The Morgan fingerprint density at radius 1 is 1.17 bits per heavy atom. The third kappa shape index (κ3) is 4.18. The molecule has 1 heterocycles. The molecule has 1 aliphatic heterocycles. The Bertz CT molecular complexity index is 1020. The van der Waals surface area contributed by atoms with E-state index in [2.05, 4.69) is 5.32 Å². The lowest BCUT2D eigenvalue weighted by Gasteiger charge is -2.20. The zero-order chi connectivity index (χ0) is 22.0. The molecule has 9 heteroatoms. The summed E-state index contributed by atoms with van der Waals surface area (Å²) >= 11 is 6.14. The number of carbonyl (C=O) groups excluding carboxylic acids is 2. The predicted molar refractivity (Wildman–Crippen MR) is 112 cm³/mol. The fourth-order valence-electron chi connectivity index (χ4n) is 3.35. The van der Waals surface area contributed by atoms with Crippen molar-refractivity contribution >= 4 is 40.8 Å². The number of anilines is 2. The lowest BCUT2D eigenvalue weighted by molar-refractivity contribution is -0.122. The fourth-order valence-corrected chi connectivity index (χ4v) is 3.56. The van der Waals surface area contributed by atoms with Gasteiger partial charge in [-0.25, -0.2) is 4.79 Å². The predicted octanol–water partition coefficient (Wildman–Crippen LogP) is 3.36. The molecule has 8 nitrogen and oxygen atoms in total. The van der Waals surface area contributed by atoms with Gasteiger partial charge in [-0.15, -0.1) is 0 Å². The first-order valence-corrected chi connectivity index (χ1v) is 9.49. The first-order valence-electron chi connectivity index (χ1n) is 9.11. The molecule has 1 unspecified atom stereocenters. The van der Waals surface area contributed by atoms with Gasteiger partial charge in [0, 0.05) is 19.0 Å². The number of halogens is 1. The molecule has 1 atom stereocenters. The molecule has 0 bridgehead atoms. The van der Waals surface area contributed by atoms with Crippen molar-refractivity contribution in [2.45, 2.75) is 13.3 Å². The molecule has 0 spiro atoms. The molecule has 1 fully saturated rings. The summed E-state index contributed by atoms with van der Waals surface area (Å²) in [4.78, 5) is 38.2. The number of carbonyl (C=O) groups is 3. The monoisotopic (exact) mass is 432 g/mol. The number of amides is 2. The summed E-state index contributed by atoms with van der Waals surface area (Å²) < 4.78 is 10.4. The maximum atomic E-state index is 12.8. The van der Waals surface area contributed by atoms with Crippen molar-refractivity contribution in [3.05, 3.63) is 46.5 Å². The summed E-state index contributed by atoms with van der Waals surface area (Å²) in [5.74, 6) is -1.78. The van der Waals surface area contributed by atoms with Crippen LogP contribution in [-0.2, 0) is 9.59 Å². The van der Waals surface area contributed by atoms with Crippen LogP contribution in [0.25, 0.3) is 0 Å². The molecule has 2 N–H and O–H groups in total. The van der Waals surface area contributed by atoms with E-state index in [4.69, 9.17) is 21.1 Å². The van der Waals surface area contributed by atoms with Crippen LogP contribution in [0.2, 0.25) is 5.02 Å². The van der Waals surface area contributed by atoms with Crippen molar-refractivity contribution < 1.29 is 29.0 Å². The van der Waals surface area contributed by atoms with Gasteiger partial charge in [-0.05, 0) is 30.7 Å². The SMILES string of the molecule is COc1cc(NC(=O)C2CC(=O)N(c3cc(C)ccc3OC)C2)c(Cl)cc1C(=O)O. The lowest BCUT2D eigenvalue weighted by atomic mass is 10.1. The summed E-state index contributed by atoms with van der Waals surface area (Å²) in [5.41, 5.74) is 1.67. The average molecular weight is 433 g/mol. The highest BCUT2D eigenvalue weighted by atomic mass is 35.5. The number of carboxylic acid groups (broad SMARTS) is 1. The van der Waals surface area contributed by atoms with Crippen molar-refractivity contribution in [3.63, 3.8) is 0 Å². The molecule has 0 saturated carbocycles. The van der Waals surface area contributed by atoms with Gasteiger partial charge in [0.2, 0.25) is 11.8 Å². The van der Waals surface area contributed by atoms with Gasteiger partial charge in [0.25, 0.3) is 0 Å². The highest BCUT2D eigenvalue weighted by Gasteiger charge is 2.36. The van der Waals surface area contributed by atoms with Crippen LogP contribution in [0.15, 0.2) is 30.3 Å². The van der Waals surface area contributed by atoms with Gasteiger partial charge >= 0.3 is 5.97 Å². The van der Waals surface area contributed by atoms with Crippen molar-refractivity contribution in [1.29, 1.82) is 0 Å². The van der Waals surface area contributed by atoms with Crippen LogP contribution in [0.4, 0.5) is 11.4 Å². The maximum absolute atomic E-state index is 12.8. The normalized spacial score (nSPS) is 15.8. The Balaban J connectivity index is 1.80. The van der Waals surface area contributed by atoms with Crippen LogP contribution in [0, 0.1) is 12.8 Å². The van der Waals surface area contributed by atoms with Crippen LogP contribution < -0.4 is 19.7 Å². The minimum Gasteiger partial charge on any atom is -0.496 e. The third-order valence-electron chi connectivity index (χ3n) is 4.90. The van der Waals surface area contributed by atoms with E-state index in [0.29, 0.717) is 11.4 Å². The number of benzene rings is 2. The molecule has 0 radical (unpaired) electrons. The van der Waals surface area contributed by atoms with Crippen LogP contribution >= 0.6 is 11.6 Å².